The predicted molar refractivity (Wildman–Crippen MR) is 81.9 cm³/mol. The van der Waals surface area contributed by atoms with Crippen molar-refractivity contribution in [2.24, 2.45) is 5.73 Å². The molecule has 6 nitrogen and oxygen atoms in total. The summed E-state index contributed by atoms with van der Waals surface area (Å²) in [5.74, 6) is 0.0537. The first-order valence-corrected chi connectivity index (χ1v) is 10.9. The van der Waals surface area contributed by atoms with Gasteiger partial charge in [0.1, 0.15) is 14.7 Å². The van der Waals surface area contributed by atoms with Crippen molar-refractivity contribution in [1.29, 1.82) is 0 Å². The molecule has 0 radical (unpaired) electrons. The van der Waals surface area contributed by atoms with Crippen molar-refractivity contribution in [3.05, 3.63) is 14.7 Å². The van der Waals surface area contributed by atoms with Crippen LogP contribution >= 0.6 is 27.3 Å². The quantitative estimate of drug-likeness (QED) is 0.775. The molecule has 2 heterocycles. The van der Waals surface area contributed by atoms with Crippen molar-refractivity contribution >= 4 is 47.1 Å². The van der Waals surface area contributed by atoms with Crippen LogP contribution in [0.2, 0.25) is 0 Å². The van der Waals surface area contributed by atoms with Crippen LogP contribution in [0.5, 0.6) is 0 Å². The third kappa shape index (κ3) is 3.80. The Morgan fingerprint density at radius 2 is 2.00 bits per heavy atom. The van der Waals surface area contributed by atoms with Gasteiger partial charge < -0.3 is 5.73 Å². The van der Waals surface area contributed by atoms with E-state index in [1.54, 1.807) is 0 Å². The SMILES string of the molecule is NCc1cc(S(=O)(=O)NC2CCS(=O)(=O)CC2)c(Br)s1. The van der Waals surface area contributed by atoms with E-state index in [0.29, 0.717) is 16.6 Å². The molecular formula is C10H15BrN2O4S3. The van der Waals surface area contributed by atoms with Crippen LogP contribution < -0.4 is 10.5 Å². The molecule has 0 amide bonds. The molecule has 0 aliphatic carbocycles. The van der Waals surface area contributed by atoms with Crippen LogP contribution in [0.25, 0.3) is 0 Å². The zero-order chi connectivity index (χ0) is 15.0. The van der Waals surface area contributed by atoms with Gasteiger partial charge in [0.05, 0.1) is 15.3 Å². The van der Waals surface area contributed by atoms with E-state index in [2.05, 4.69) is 20.7 Å². The summed E-state index contributed by atoms with van der Waals surface area (Å²) in [5, 5.41) is 0. The van der Waals surface area contributed by atoms with Crippen LogP contribution in [-0.2, 0) is 26.4 Å². The van der Waals surface area contributed by atoms with Crippen LogP contribution in [0, 0.1) is 0 Å². The number of rotatable bonds is 4. The molecule has 0 saturated carbocycles. The summed E-state index contributed by atoms with van der Waals surface area (Å²) in [6, 6.07) is 1.20. The number of hydrogen-bond donors (Lipinski definition) is 2. The second kappa shape index (κ2) is 6.01. The van der Waals surface area contributed by atoms with E-state index in [1.165, 1.54) is 17.4 Å². The molecule has 20 heavy (non-hydrogen) atoms. The fourth-order valence-electron chi connectivity index (χ4n) is 1.97. The van der Waals surface area contributed by atoms with Crippen molar-refractivity contribution in [3.8, 4) is 0 Å². The van der Waals surface area contributed by atoms with Crippen molar-refractivity contribution in [2.75, 3.05) is 11.5 Å². The summed E-state index contributed by atoms with van der Waals surface area (Å²) >= 11 is 4.50. The maximum Gasteiger partial charge on any atom is 0.242 e. The molecule has 114 valence electrons. The zero-order valence-corrected chi connectivity index (χ0v) is 14.5. The standard InChI is InChI=1S/C10H15BrN2O4S3/c11-10-9(5-8(6-12)18-10)20(16,17)13-7-1-3-19(14,15)4-2-7/h5,7,13H,1-4,6,12H2. The van der Waals surface area contributed by atoms with E-state index in [0.717, 1.165) is 4.88 Å². The molecule has 1 saturated heterocycles. The highest BCUT2D eigenvalue weighted by Gasteiger charge is 2.29. The highest BCUT2D eigenvalue weighted by Crippen LogP contribution is 2.31. The molecule has 2 rings (SSSR count). The summed E-state index contributed by atoms with van der Waals surface area (Å²) in [6.07, 6.45) is 0.625. The molecule has 1 aromatic heterocycles. The third-order valence-electron chi connectivity index (χ3n) is 3.07. The Morgan fingerprint density at radius 3 is 2.50 bits per heavy atom. The Balaban J connectivity index is 2.13. The fraction of sp³-hybridized carbons (Fsp3) is 0.600. The number of thiophene rings is 1. The molecule has 10 heteroatoms. The lowest BCUT2D eigenvalue weighted by atomic mass is 10.2. The number of sulfonamides is 1. The highest BCUT2D eigenvalue weighted by molar-refractivity contribution is 9.11. The summed E-state index contributed by atoms with van der Waals surface area (Å²) in [7, 11) is -6.66. The van der Waals surface area contributed by atoms with E-state index in [-0.39, 0.29) is 29.0 Å². The van der Waals surface area contributed by atoms with Gasteiger partial charge in [-0.3, -0.25) is 0 Å². The van der Waals surface area contributed by atoms with Gasteiger partial charge in [-0.15, -0.1) is 11.3 Å². The van der Waals surface area contributed by atoms with E-state index < -0.39 is 19.9 Å². The van der Waals surface area contributed by atoms with Gasteiger partial charge in [0.15, 0.2) is 0 Å². The minimum atomic E-state index is -3.65. The van der Waals surface area contributed by atoms with Gasteiger partial charge in [-0.2, -0.15) is 0 Å². The number of halogens is 1. The van der Waals surface area contributed by atoms with Crippen molar-refractivity contribution < 1.29 is 16.8 Å². The van der Waals surface area contributed by atoms with E-state index in [1.807, 2.05) is 0 Å². The maximum absolute atomic E-state index is 12.3. The summed E-state index contributed by atoms with van der Waals surface area (Å²) in [5.41, 5.74) is 5.50. The molecule has 0 atom stereocenters. The first kappa shape index (κ1) is 16.4. The molecule has 0 bridgehead atoms. The normalized spacial score (nSPS) is 20.1. The van der Waals surface area contributed by atoms with Crippen LogP contribution in [-0.4, -0.2) is 34.4 Å². The van der Waals surface area contributed by atoms with Crippen molar-refractivity contribution in [2.45, 2.75) is 30.3 Å². The Kier molecular flexibility index (Phi) is 4.92. The maximum atomic E-state index is 12.3. The second-order valence-electron chi connectivity index (χ2n) is 4.60. The van der Waals surface area contributed by atoms with Crippen LogP contribution in [0.1, 0.15) is 17.7 Å². The zero-order valence-electron chi connectivity index (χ0n) is 10.5. The van der Waals surface area contributed by atoms with Gasteiger partial charge in [-0.05, 0) is 34.8 Å². The van der Waals surface area contributed by atoms with E-state index >= 15 is 0 Å². The number of hydrogen-bond acceptors (Lipinski definition) is 6. The van der Waals surface area contributed by atoms with Gasteiger partial charge >= 0.3 is 0 Å². The lowest BCUT2D eigenvalue weighted by Gasteiger charge is -2.22. The van der Waals surface area contributed by atoms with E-state index in [4.69, 9.17) is 5.73 Å². The third-order valence-corrected chi connectivity index (χ3v) is 8.58. The molecule has 1 fully saturated rings. The molecule has 0 unspecified atom stereocenters. The Hall–Kier alpha value is -0.000000000000000194. The minimum absolute atomic E-state index is 0.0268. The molecule has 0 spiro atoms. The van der Waals surface area contributed by atoms with Gasteiger partial charge in [-0.25, -0.2) is 21.6 Å². The minimum Gasteiger partial charge on any atom is -0.326 e. The number of nitrogens with one attached hydrogen (secondary N) is 1. The number of nitrogens with two attached hydrogens (primary N) is 1. The smallest absolute Gasteiger partial charge is 0.242 e. The van der Waals surface area contributed by atoms with Crippen LogP contribution in [0.4, 0.5) is 0 Å². The Morgan fingerprint density at radius 1 is 1.40 bits per heavy atom. The van der Waals surface area contributed by atoms with Crippen LogP contribution in [0.15, 0.2) is 14.7 Å². The Bertz CT molecular complexity index is 682. The predicted octanol–water partition coefficient (Wildman–Crippen LogP) is 0.825. The summed E-state index contributed by atoms with van der Waals surface area (Å²) < 4.78 is 50.3. The first-order chi connectivity index (χ1) is 9.23. The first-order valence-electron chi connectivity index (χ1n) is 5.94. The molecular weight excluding hydrogens is 388 g/mol. The lowest BCUT2D eigenvalue weighted by molar-refractivity contribution is 0.505. The largest absolute Gasteiger partial charge is 0.326 e. The van der Waals surface area contributed by atoms with E-state index in [9.17, 15) is 16.8 Å². The molecule has 0 aromatic carbocycles. The molecule has 1 aliphatic heterocycles. The van der Waals surface area contributed by atoms with Gasteiger partial charge in [0, 0.05) is 17.5 Å². The molecule has 1 aliphatic rings. The van der Waals surface area contributed by atoms with Gasteiger partial charge in [0.2, 0.25) is 10.0 Å². The van der Waals surface area contributed by atoms with Gasteiger partial charge in [0.25, 0.3) is 0 Å². The topological polar surface area (TPSA) is 106 Å². The average Bonchev–Trinajstić information content (AvgIpc) is 2.74. The van der Waals surface area contributed by atoms with Crippen molar-refractivity contribution in [1.82, 2.24) is 4.72 Å². The van der Waals surface area contributed by atoms with Gasteiger partial charge in [-0.1, -0.05) is 0 Å². The molecule has 3 N–H and O–H groups in total. The fourth-order valence-corrected chi connectivity index (χ4v) is 7.33. The average molecular weight is 403 g/mol. The summed E-state index contributed by atoms with van der Waals surface area (Å²) in [6.45, 7) is 0.278. The monoisotopic (exact) mass is 402 g/mol. The Labute approximate surface area is 130 Å². The number of sulfone groups is 1. The lowest BCUT2D eigenvalue weighted by Crippen LogP contribution is -2.40. The van der Waals surface area contributed by atoms with Crippen LogP contribution in [0.3, 0.4) is 0 Å². The molecule has 1 aromatic rings. The van der Waals surface area contributed by atoms with Crippen molar-refractivity contribution in [3.63, 3.8) is 0 Å². The second-order valence-corrected chi connectivity index (χ2v) is 11.0. The highest BCUT2D eigenvalue weighted by atomic mass is 79.9. The summed E-state index contributed by atoms with van der Waals surface area (Å²) in [4.78, 5) is 0.930.